The number of hydrogen-bond acceptors (Lipinski definition) is 4. The molecule has 0 aromatic heterocycles. The minimum absolute atomic E-state index is 0.0779. The summed E-state index contributed by atoms with van der Waals surface area (Å²) in [5, 5.41) is 2.84. The molecule has 2 rings (SSSR count). The summed E-state index contributed by atoms with van der Waals surface area (Å²) in [6.45, 7) is 7.36. The van der Waals surface area contributed by atoms with Crippen LogP contribution in [0.1, 0.15) is 38.3 Å². The van der Waals surface area contributed by atoms with Crippen LogP contribution in [-0.2, 0) is 26.2 Å². The van der Waals surface area contributed by atoms with Gasteiger partial charge in [0.15, 0.2) is 11.6 Å². The highest BCUT2D eigenvalue weighted by atomic mass is 32.2. The van der Waals surface area contributed by atoms with Crippen LogP contribution in [0.25, 0.3) is 0 Å². The molecule has 0 fully saturated rings. The van der Waals surface area contributed by atoms with Crippen molar-refractivity contribution in [3.05, 3.63) is 65.2 Å². The number of hydrogen-bond donors (Lipinski definition) is 1. The van der Waals surface area contributed by atoms with Crippen molar-refractivity contribution in [2.75, 3.05) is 23.7 Å². The molecule has 192 valence electrons. The van der Waals surface area contributed by atoms with Gasteiger partial charge in [-0.05, 0) is 42.5 Å². The van der Waals surface area contributed by atoms with Crippen molar-refractivity contribution in [3.63, 3.8) is 0 Å². The fourth-order valence-electron chi connectivity index (χ4n) is 3.57. The third-order valence-electron chi connectivity index (χ3n) is 5.54. The number of nitrogens with zero attached hydrogens (tertiary/aromatic N) is 2. The minimum atomic E-state index is -4.04. The maximum atomic E-state index is 13.8. The van der Waals surface area contributed by atoms with Gasteiger partial charge in [-0.25, -0.2) is 17.2 Å². The topological polar surface area (TPSA) is 86.8 Å². The van der Waals surface area contributed by atoms with Gasteiger partial charge < -0.3 is 10.2 Å². The summed E-state index contributed by atoms with van der Waals surface area (Å²) in [4.78, 5) is 27.9. The number of nitrogens with one attached hydrogen (secondary N) is 1. The lowest BCUT2D eigenvalue weighted by Gasteiger charge is -2.33. The second-order valence-corrected chi connectivity index (χ2v) is 10.8. The molecule has 10 heteroatoms. The molecular formula is C25H33F2N3O4S. The highest BCUT2D eigenvalue weighted by Crippen LogP contribution is 2.22. The highest BCUT2D eigenvalue weighted by Gasteiger charge is 2.32. The second-order valence-electron chi connectivity index (χ2n) is 8.88. The molecule has 1 unspecified atom stereocenters. The Morgan fingerprint density at radius 3 is 2.26 bits per heavy atom. The first kappa shape index (κ1) is 28.2. The van der Waals surface area contributed by atoms with Crippen LogP contribution in [0.15, 0.2) is 42.5 Å². The van der Waals surface area contributed by atoms with Crippen molar-refractivity contribution in [3.8, 4) is 0 Å². The Bertz CT molecular complexity index is 1160. The zero-order valence-corrected chi connectivity index (χ0v) is 21.5. The highest BCUT2D eigenvalue weighted by molar-refractivity contribution is 7.92. The lowest BCUT2D eigenvalue weighted by Crippen LogP contribution is -2.52. The van der Waals surface area contributed by atoms with E-state index in [9.17, 15) is 26.8 Å². The first-order chi connectivity index (χ1) is 16.3. The van der Waals surface area contributed by atoms with Crippen LogP contribution in [0.5, 0.6) is 0 Å². The molecule has 2 amide bonds. The average molecular weight is 510 g/mol. The summed E-state index contributed by atoms with van der Waals surface area (Å²) < 4.78 is 53.0. The molecule has 2 aromatic carbocycles. The van der Waals surface area contributed by atoms with E-state index < -0.39 is 40.2 Å². The first-order valence-corrected chi connectivity index (χ1v) is 13.2. The number of halogens is 2. The molecule has 7 nitrogen and oxygen atoms in total. The van der Waals surface area contributed by atoms with Crippen molar-refractivity contribution in [1.82, 2.24) is 10.2 Å². The van der Waals surface area contributed by atoms with Crippen molar-refractivity contribution in [2.24, 2.45) is 5.92 Å². The molecule has 0 aliphatic rings. The fourth-order valence-corrected chi connectivity index (χ4v) is 4.41. The Kier molecular flexibility index (Phi) is 9.76. The van der Waals surface area contributed by atoms with E-state index in [2.05, 4.69) is 5.32 Å². The summed E-state index contributed by atoms with van der Waals surface area (Å²) in [6.07, 6.45) is 1.17. The molecule has 0 bridgehead atoms. The summed E-state index contributed by atoms with van der Waals surface area (Å²) in [5.41, 5.74) is 1.52. The predicted molar refractivity (Wildman–Crippen MR) is 132 cm³/mol. The number of rotatable bonds is 11. The normalized spacial score (nSPS) is 12.3. The number of aryl methyl sites for hydroxylation is 1. The Labute approximate surface area is 206 Å². The largest absolute Gasteiger partial charge is 0.354 e. The summed E-state index contributed by atoms with van der Waals surface area (Å²) in [7, 11) is -4.04. The molecule has 0 saturated carbocycles. The Balaban J connectivity index is 2.45. The van der Waals surface area contributed by atoms with Gasteiger partial charge in [-0.15, -0.1) is 0 Å². The van der Waals surface area contributed by atoms with Gasteiger partial charge in [0.2, 0.25) is 21.8 Å². The average Bonchev–Trinajstić information content (AvgIpc) is 2.78. The number of carbonyl (C=O) groups excluding carboxylic acids is 2. The molecule has 0 aliphatic carbocycles. The molecule has 0 heterocycles. The third-order valence-corrected chi connectivity index (χ3v) is 6.68. The van der Waals surface area contributed by atoms with E-state index in [1.165, 1.54) is 4.90 Å². The number of benzene rings is 2. The van der Waals surface area contributed by atoms with Crippen molar-refractivity contribution >= 4 is 27.5 Å². The molecule has 0 saturated heterocycles. The van der Waals surface area contributed by atoms with E-state index in [4.69, 9.17) is 0 Å². The van der Waals surface area contributed by atoms with Gasteiger partial charge in [0.1, 0.15) is 12.6 Å². The lowest BCUT2D eigenvalue weighted by atomic mass is 10.1. The van der Waals surface area contributed by atoms with Crippen molar-refractivity contribution in [1.29, 1.82) is 0 Å². The Hall–Kier alpha value is -3.01. The second kappa shape index (κ2) is 12.1. The molecule has 0 radical (unpaired) electrons. The van der Waals surface area contributed by atoms with Gasteiger partial charge in [-0.1, -0.05) is 45.0 Å². The number of anilines is 1. The van der Waals surface area contributed by atoms with Crippen LogP contribution >= 0.6 is 0 Å². The number of carbonyl (C=O) groups is 2. The third kappa shape index (κ3) is 7.74. The van der Waals surface area contributed by atoms with Gasteiger partial charge in [-0.3, -0.25) is 13.9 Å². The summed E-state index contributed by atoms with van der Waals surface area (Å²) in [5.74, 6) is -3.16. The van der Waals surface area contributed by atoms with E-state index >= 15 is 0 Å². The lowest BCUT2D eigenvalue weighted by molar-refractivity contribution is -0.140. The van der Waals surface area contributed by atoms with Crippen LogP contribution in [0, 0.1) is 24.5 Å². The van der Waals surface area contributed by atoms with E-state index in [-0.39, 0.29) is 24.1 Å². The van der Waals surface area contributed by atoms with Gasteiger partial charge in [0.05, 0.1) is 11.9 Å². The van der Waals surface area contributed by atoms with Crippen molar-refractivity contribution < 1.29 is 26.8 Å². The van der Waals surface area contributed by atoms with Crippen LogP contribution in [0.4, 0.5) is 14.5 Å². The molecule has 2 aromatic rings. The summed E-state index contributed by atoms with van der Waals surface area (Å²) >= 11 is 0. The predicted octanol–water partition coefficient (Wildman–Crippen LogP) is 3.62. The quantitative estimate of drug-likeness (QED) is 0.501. The van der Waals surface area contributed by atoms with Crippen molar-refractivity contribution in [2.45, 2.75) is 46.7 Å². The van der Waals surface area contributed by atoms with E-state index in [0.29, 0.717) is 17.3 Å². The van der Waals surface area contributed by atoms with Crippen LogP contribution in [-0.4, -0.2) is 50.5 Å². The maximum Gasteiger partial charge on any atom is 0.244 e. The molecular weight excluding hydrogens is 476 g/mol. The SMILES string of the molecule is CCC(C(=O)NCC(C)C)N(Cc1ccccc1C)C(=O)CN(c1ccc(F)c(F)c1)S(C)(=O)=O. The number of amides is 2. The standard InChI is InChI=1S/C25H33F2N3O4S/c1-6-23(25(32)28-14-17(2)3)29(15-19-10-8-7-9-18(19)4)24(31)16-30(35(5,33)34)20-11-12-21(26)22(27)13-20/h7-13,17,23H,6,14-16H2,1-5H3,(H,28,32). The smallest absolute Gasteiger partial charge is 0.244 e. The molecule has 1 atom stereocenters. The van der Waals surface area contributed by atoms with Crippen LogP contribution < -0.4 is 9.62 Å². The van der Waals surface area contributed by atoms with Crippen LogP contribution in [0.3, 0.4) is 0 Å². The van der Waals surface area contributed by atoms with E-state index in [1.54, 1.807) is 6.92 Å². The zero-order chi connectivity index (χ0) is 26.3. The molecule has 35 heavy (non-hydrogen) atoms. The maximum absolute atomic E-state index is 13.8. The Morgan fingerprint density at radius 1 is 1.06 bits per heavy atom. The Morgan fingerprint density at radius 2 is 1.71 bits per heavy atom. The summed E-state index contributed by atoms with van der Waals surface area (Å²) in [6, 6.07) is 9.13. The molecule has 1 N–H and O–H groups in total. The monoisotopic (exact) mass is 509 g/mol. The van der Waals surface area contributed by atoms with Crippen LogP contribution in [0.2, 0.25) is 0 Å². The minimum Gasteiger partial charge on any atom is -0.354 e. The fraction of sp³-hybridized carbons (Fsp3) is 0.440. The number of sulfonamides is 1. The van der Waals surface area contributed by atoms with E-state index in [0.717, 1.165) is 35.6 Å². The van der Waals surface area contributed by atoms with Gasteiger partial charge in [0.25, 0.3) is 0 Å². The first-order valence-electron chi connectivity index (χ1n) is 11.4. The van der Waals surface area contributed by atoms with Gasteiger partial charge in [-0.2, -0.15) is 0 Å². The van der Waals surface area contributed by atoms with Gasteiger partial charge in [0, 0.05) is 19.2 Å². The zero-order valence-electron chi connectivity index (χ0n) is 20.7. The van der Waals surface area contributed by atoms with E-state index in [1.807, 2.05) is 45.0 Å². The molecule has 0 aliphatic heterocycles. The van der Waals surface area contributed by atoms with Gasteiger partial charge >= 0.3 is 0 Å². The molecule has 0 spiro atoms.